The second-order valence-corrected chi connectivity index (χ2v) is 5.41. The smallest absolute Gasteiger partial charge is 0.133 e. The molecule has 1 aliphatic carbocycles. The minimum absolute atomic E-state index is 0.0728. The first-order chi connectivity index (χ1) is 8.59. The predicted molar refractivity (Wildman–Crippen MR) is 66.1 cm³/mol. The molecule has 1 fully saturated rings. The number of alkyl halides is 1. The van der Waals surface area contributed by atoms with Gasteiger partial charge in [0.25, 0.3) is 0 Å². The highest BCUT2D eigenvalue weighted by molar-refractivity contribution is 6.21. The second kappa shape index (κ2) is 5.96. The molecule has 2 rings (SSSR count). The molecule has 100 valence electrons. The summed E-state index contributed by atoms with van der Waals surface area (Å²) in [5.74, 6) is -2.59. The van der Waals surface area contributed by atoms with Gasteiger partial charge in [-0.3, -0.25) is 0 Å². The predicted octanol–water partition coefficient (Wildman–Crippen LogP) is 5.35. The average Bonchev–Trinajstić information content (AvgIpc) is 2.55. The maximum atomic E-state index is 13.7. The fourth-order valence-electron chi connectivity index (χ4n) is 2.66. The van der Waals surface area contributed by atoms with Crippen molar-refractivity contribution in [3.63, 3.8) is 0 Å². The van der Waals surface area contributed by atoms with Gasteiger partial charge >= 0.3 is 0 Å². The van der Waals surface area contributed by atoms with Crippen molar-refractivity contribution in [1.82, 2.24) is 0 Å². The molecule has 0 aromatic heterocycles. The first-order valence-electron chi connectivity index (χ1n) is 6.38. The van der Waals surface area contributed by atoms with Crippen LogP contribution in [0.2, 0.25) is 0 Å². The van der Waals surface area contributed by atoms with Gasteiger partial charge in [0.1, 0.15) is 17.5 Å². The summed E-state index contributed by atoms with van der Waals surface area (Å²) in [6.45, 7) is 0. The second-order valence-electron chi connectivity index (χ2n) is 4.94. The third kappa shape index (κ3) is 3.00. The van der Waals surface area contributed by atoms with Gasteiger partial charge in [-0.1, -0.05) is 25.7 Å². The molecule has 0 aliphatic heterocycles. The molecule has 1 saturated carbocycles. The van der Waals surface area contributed by atoms with E-state index in [1.807, 2.05) is 0 Å². The zero-order valence-corrected chi connectivity index (χ0v) is 10.8. The fraction of sp³-hybridized carbons (Fsp3) is 0.571. The molecule has 0 radical (unpaired) electrons. The maximum absolute atomic E-state index is 13.7. The van der Waals surface area contributed by atoms with Gasteiger partial charge in [-0.05, 0) is 18.8 Å². The van der Waals surface area contributed by atoms with E-state index in [2.05, 4.69) is 0 Å². The van der Waals surface area contributed by atoms with E-state index in [1.165, 1.54) is 0 Å². The molecule has 1 unspecified atom stereocenters. The largest absolute Gasteiger partial charge is 0.207 e. The van der Waals surface area contributed by atoms with Crippen LogP contribution in [0.15, 0.2) is 12.1 Å². The van der Waals surface area contributed by atoms with Crippen molar-refractivity contribution in [2.75, 3.05) is 0 Å². The average molecular weight is 277 g/mol. The van der Waals surface area contributed by atoms with Crippen molar-refractivity contribution in [1.29, 1.82) is 0 Å². The van der Waals surface area contributed by atoms with Crippen LogP contribution in [0.1, 0.15) is 49.5 Å². The van der Waals surface area contributed by atoms with Gasteiger partial charge in [0, 0.05) is 17.7 Å². The Morgan fingerprint density at radius 1 is 0.944 bits per heavy atom. The molecular weight excluding hydrogens is 261 g/mol. The van der Waals surface area contributed by atoms with Crippen molar-refractivity contribution in [3.05, 3.63) is 35.1 Å². The van der Waals surface area contributed by atoms with E-state index in [0.29, 0.717) is 12.1 Å². The molecule has 1 aromatic rings. The Morgan fingerprint density at radius 2 is 1.44 bits per heavy atom. The molecule has 1 aliphatic rings. The highest BCUT2D eigenvalue weighted by Crippen LogP contribution is 2.40. The third-order valence-electron chi connectivity index (χ3n) is 3.63. The van der Waals surface area contributed by atoms with Crippen LogP contribution in [-0.2, 0) is 0 Å². The van der Waals surface area contributed by atoms with Crippen LogP contribution >= 0.6 is 11.6 Å². The van der Waals surface area contributed by atoms with Gasteiger partial charge in [0.05, 0.1) is 5.38 Å². The Labute approximate surface area is 110 Å². The molecule has 0 amide bonds. The van der Waals surface area contributed by atoms with Crippen LogP contribution in [0.5, 0.6) is 0 Å². The molecular formula is C14H16ClF3. The summed E-state index contributed by atoms with van der Waals surface area (Å²) in [4.78, 5) is 0. The minimum atomic E-state index is -0.904. The fourth-order valence-corrected chi connectivity index (χ4v) is 3.12. The summed E-state index contributed by atoms with van der Waals surface area (Å²) in [7, 11) is 0. The topological polar surface area (TPSA) is 0 Å². The molecule has 0 heterocycles. The molecule has 1 atom stereocenters. The van der Waals surface area contributed by atoms with E-state index in [-0.39, 0.29) is 11.5 Å². The lowest BCUT2D eigenvalue weighted by Gasteiger charge is -2.21. The van der Waals surface area contributed by atoms with E-state index < -0.39 is 22.8 Å². The molecule has 0 spiro atoms. The molecule has 0 nitrogen and oxygen atoms in total. The number of halogens is 4. The van der Waals surface area contributed by atoms with E-state index in [9.17, 15) is 13.2 Å². The van der Waals surface area contributed by atoms with Crippen LogP contribution in [-0.4, -0.2) is 0 Å². The summed E-state index contributed by atoms with van der Waals surface area (Å²) < 4.78 is 40.2. The molecule has 0 saturated heterocycles. The highest BCUT2D eigenvalue weighted by atomic mass is 35.5. The lowest BCUT2D eigenvalue weighted by molar-refractivity contribution is 0.419. The lowest BCUT2D eigenvalue weighted by atomic mass is 9.91. The molecule has 18 heavy (non-hydrogen) atoms. The normalized spacial score (nSPS) is 19.6. The Morgan fingerprint density at radius 3 is 1.94 bits per heavy atom. The Bertz CT molecular complexity index is 388. The summed E-state index contributed by atoms with van der Waals surface area (Å²) in [6.07, 6.45) is 6.13. The number of hydrogen-bond donors (Lipinski definition) is 0. The van der Waals surface area contributed by atoms with Gasteiger partial charge in [0.15, 0.2) is 0 Å². The van der Waals surface area contributed by atoms with E-state index in [4.69, 9.17) is 11.6 Å². The molecule has 0 N–H and O–H groups in total. The summed E-state index contributed by atoms with van der Waals surface area (Å²) in [5.41, 5.74) is -0.176. The number of rotatable bonds is 2. The van der Waals surface area contributed by atoms with Crippen LogP contribution in [0.3, 0.4) is 0 Å². The zero-order valence-electron chi connectivity index (χ0n) is 10.1. The Kier molecular flexibility index (Phi) is 4.55. The van der Waals surface area contributed by atoms with Crippen molar-refractivity contribution >= 4 is 11.6 Å². The highest BCUT2D eigenvalue weighted by Gasteiger charge is 2.27. The lowest BCUT2D eigenvalue weighted by Crippen LogP contribution is -2.11. The van der Waals surface area contributed by atoms with Crippen LogP contribution in [0, 0.1) is 23.4 Å². The van der Waals surface area contributed by atoms with Crippen LogP contribution < -0.4 is 0 Å². The Hall–Kier alpha value is -0.700. The SMILES string of the molecule is Fc1cc(F)c(C(Cl)C2CCCCCC2)c(F)c1. The summed E-state index contributed by atoms with van der Waals surface area (Å²) >= 11 is 6.22. The zero-order chi connectivity index (χ0) is 13.1. The van der Waals surface area contributed by atoms with Crippen molar-refractivity contribution in [3.8, 4) is 0 Å². The van der Waals surface area contributed by atoms with Crippen LogP contribution in [0.4, 0.5) is 13.2 Å². The van der Waals surface area contributed by atoms with E-state index in [1.54, 1.807) is 0 Å². The first-order valence-corrected chi connectivity index (χ1v) is 6.81. The van der Waals surface area contributed by atoms with Crippen LogP contribution in [0.25, 0.3) is 0 Å². The monoisotopic (exact) mass is 276 g/mol. The Balaban J connectivity index is 2.24. The third-order valence-corrected chi connectivity index (χ3v) is 4.21. The summed E-state index contributed by atoms with van der Waals surface area (Å²) in [5, 5.41) is -0.705. The van der Waals surface area contributed by atoms with Gasteiger partial charge in [-0.25, -0.2) is 13.2 Å². The molecule has 0 bridgehead atoms. The van der Waals surface area contributed by atoms with Gasteiger partial charge in [-0.15, -0.1) is 11.6 Å². The molecule has 1 aromatic carbocycles. The van der Waals surface area contributed by atoms with Gasteiger partial charge in [-0.2, -0.15) is 0 Å². The van der Waals surface area contributed by atoms with Crippen molar-refractivity contribution in [2.24, 2.45) is 5.92 Å². The quantitative estimate of drug-likeness (QED) is 0.504. The van der Waals surface area contributed by atoms with E-state index >= 15 is 0 Å². The number of benzene rings is 1. The minimum Gasteiger partial charge on any atom is -0.207 e. The maximum Gasteiger partial charge on any atom is 0.133 e. The standard InChI is InChI=1S/C14H16ClF3/c15-14(9-5-3-1-2-4-6-9)13-11(17)7-10(16)8-12(13)18/h7-9,14H,1-6H2. The van der Waals surface area contributed by atoms with Gasteiger partial charge < -0.3 is 0 Å². The van der Waals surface area contributed by atoms with E-state index in [0.717, 1.165) is 38.5 Å². The summed E-state index contributed by atoms with van der Waals surface area (Å²) in [6, 6.07) is 1.40. The van der Waals surface area contributed by atoms with Crippen molar-refractivity contribution < 1.29 is 13.2 Å². The first kappa shape index (κ1) is 13.7. The van der Waals surface area contributed by atoms with Crippen molar-refractivity contribution in [2.45, 2.75) is 43.9 Å². The number of hydrogen-bond acceptors (Lipinski definition) is 0. The van der Waals surface area contributed by atoms with Gasteiger partial charge in [0.2, 0.25) is 0 Å². The molecule has 4 heteroatoms.